The van der Waals surface area contributed by atoms with Gasteiger partial charge in [-0.25, -0.2) is 0 Å². The van der Waals surface area contributed by atoms with Gasteiger partial charge in [-0.1, -0.05) is 114 Å². The zero-order valence-corrected chi connectivity index (χ0v) is 28.6. The maximum Gasteiger partial charge on any atom is 0.0401 e. The SMILES string of the molecule is C=C1CC1CC(C)CCCCCCCCc1ccc(C2CCNC[C@@H]2CCc2ccc3c(c2)N(CCCCC)CCC3)cc1. The molecule has 0 bridgehead atoms. The van der Waals surface area contributed by atoms with Crippen LogP contribution in [0.4, 0.5) is 5.69 Å². The van der Waals surface area contributed by atoms with Gasteiger partial charge in [-0.3, -0.25) is 0 Å². The summed E-state index contributed by atoms with van der Waals surface area (Å²) in [5.74, 6) is 3.18. The Bertz CT molecular complexity index is 1130. The van der Waals surface area contributed by atoms with Crippen molar-refractivity contribution in [1.82, 2.24) is 5.32 Å². The summed E-state index contributed by atoms with van der Waals surface area (Å²) < 4.78 is 0. The summed E-state index contributed by atoms with van der Waals surface area (Å²) in [6.45, 7) is 13.7. The third-order valence-corrected chi connectivity index (χ3v) is 11.2. The molecule has 0 spiro atoms. The summed E-state index contributed by atoms with van der Waals surface area (Å²) >= 11 is 0. The van der Waals surface area contributed by atoms with Crippen molar-refractivity contribution in [1.29, 1.82) is 0 Å². The number of hydrogen-bond donors (Lipinski definition) is 1. The van der Waals surface area contributed by atoms with E-state index in [0.29, 0.717) is 5.92 Å². The molecule has 3 unspecified atom stereocenters. The number of fused-ring (bicyclic) bond motifs is 1. The van der Waals surface area contributed by atoms with Crippen molar-refractivity contribution in [3.63, 3.8) is 0 Å². The van der Waals surface area contributed by atoms with Gasteiger partial charge in [-0.05, 0) is 129 Å². The van der Waals surface area contributed by atoms with Crippen LogP contribution in [0.15, 0.2) is 54.6 Å². The van der Waals surface area contributed by atoms with Crippen LogP contribution in [0.2, 0.25) is 0 Å². The first-order valence-electron chi connectivity index (χ1n) is 18.9. The number of piperidine rings is 1. The van der Waals surface area contributed by atoms with Crippen LogP contribution >= 0.6 is 0 Å². The number of benzene rings is 2. The molecule has 2 aromatic carbocycles. The number of unbranched alkanes of at least 4 members (excludes halogenated alkanes) is 7. The van der Waals surface area contributed by atoms with Crippen LogP contribution < -0.4 is 10.2 Å². The van der Waals surface area contributed by atoms with Crippen LogP contribution in [-0.4, -0.2) is 26.2 Å². The molecule has 2 aromatic rings. The third-order valence-electron chi connectivity index (χ3n) is 11.2. The van der Waals surface area contributed by atoms with E-state index in [2.05, 4.69) is 73.1 Å². The molecule has 2 fully saturated rings. The zero-order valence-electron chi connectivity index (χ0n) is 28.6. The minimum Gasteiger partial charge on any atom is -0.371 e. The average Bonchev–Trinajstić information content (AvgIpc) is 3.75. The summed E-state index contributed by atoms with van der Waals surface area (Å²) in [7, 11) is 0. The van der Waals surface area contributed by atoms with Gasteiger partial charge >= 0.3 is 0 Å². The third kappa shape index (κ3) is 10.2. The molecule has 2 heterocycles. The smallest absolute Gasteiger partial charge is 0.0401 e. The number of hydrogen-bond acceptors (Lipinski definition) is 2. The van der Waals surface area contributed by atoms with Gasteiger partial charge in [0, 0.05) is 18.8 Å². The molecule has 0 radical (unpaired) electrons. The molecule has 5 rings (SSSR count). The normalized spacial score (nSPS) is 22.2. The van der Waals surface area contributed by atoms with Crippen molar-refractivity contribution in [3.8, 4) is 0 Å². The first-order chi connectivity index (χ1) is 21.6. The number of anilines is 1. The Kier molecular flexibility index (Phi) is 13.3. The Labute approximate surface area is 271 Å². The highest BCUT2D eigenvalue weighted by Crippen LogP contribution is 2.41. The number of allylic oxidation sites excluding steroid dienone is 1. The van der Waals surface area contributed by atoms with Crippen LogP contribution in [0.25, 0.3) is 0 Å². The first-order valence-corrected chi connectivity index (χ1v) is 18.9. The fourth-order valence-corrected chi connectivity index (χ4v) is 8.23. The fraction of sp³-hybridized carbons (Fsp3) is 0.667. The Morgan fingerprint density at radius 1 is 0.909 bits per heavy atom. The van der Waals surface area contributed by atoms with E-state index in [-0.39, 0.29) is 0 Å². The highest BCUT2D eigenvalue weighted by atomic mass is 15.1. The van der Waals surface area contributed by atoms with E-state index in [0.717, 1.165) is 30.8 Å². The summed E-state index contributed by atoms with van der Waals surface area (Å²) in [6, 6.07) is 17.3. The fourth-order valence-electron chi connectivity index (χ4n) is 8.23. The van der Waals surface area contributed by atoms with Crippen molar-refractivity contribution in [2.24, 2.45) is 17.8 Å². The standard InChI is InChI=1S/C42H64N2/c1-4-5-12-27-44-28-13-16-38-23-19-36(31-42(38)44)20-24-39-32-43-26-25-41(39)37-21-17-35(18-22-37)15-11-9-7-6-8-10-14-33(2)29-40-30-34(40)3/h17-19,21-23,31,33,39-41,43H,3-16,20,24-30,32H2,1-2H3/t33?,39-,40?,41?/m0/s1. The second kappa shape index (κ2) is 17.6. The predicted molar refractivity (Wildman–Crippen MR) is 192 cm³/mol. The lowest BCUT2D eigenvalue weighted by Gasteiger charge is -2.34. The maximum absolute atomic E-state index is 4.12. The van der Waals surface area contributed by atoms with Crippen molar-refractivity contribution in [3.05, 3.63) is 76.9 Å². The minimum atomic E-state index is 0.694. The van der Waals surface area contributed by atoms with E-state index < -0.39 is 0 Å². The summed E-state index contributed by atoms with van der Waals surface area (Å²) in [4.78, 5) is 2.68. The summed E-state index contributed by atoms with van der Waals surface area (Å²) in [5, 5.41) is 3.73. The first kappa shape index (κ1) is 33.3. The average molecular weight is 597 g/mol. The van der Waals surface area contributed by atoms with Gasteiger partial charge in [0.15, 0.2) is 0 Å². The van der Waals surface area contributed by atoms with Crippen LogP contribution in [0, 0.1) is 17.8 Å². The molecule has 0 aromatic heterocycles. The lowest BCUT2D eigenvalue weighted by Crippen LogP contribution is -2.35. The predicted octanol–water partition coefficient (Wildman–Crippen LogP) is 10.8. The second-order valence-electron chi connectivity index (χ2n) is 15.0. The lowest BCUT2D eigenvalue weighted by atomic mass is 9.78. The van der Waals surface area contributed by atoms with Gasteiger partial charge < -0.3 is 10.2 Å². The van der Waals surface area contributed by atoms with Crippen LogP contribution in [0.3, 0.4) is 0 Å². The van der Waals surface area contributed by atoms with E-state index in [1.807, 2.05) is 0 Å². The van der Waals surface area contributed by atoms with Gasteiger partial charge in [0.05, 0.1) is 0 Å². The monoisotopic (exact) mass is 597 g/mol. The molecule has 2 nitrogen and oxygen atoms in total. The largest absolute Gasteiger partial charge is 0.371 e. The van der Waals surface area contributed by atoms with Crippen LogP contribution in [-0.2, 0) is 19.3 Å². The molecule has 2 heteroatoms. The Hall–Kier alpha value is -2.06. The topological polar surface area (TPSA) is 15.3 Å². The quantitative estimate of drug-likeness (QED) is 0.128. The van der Waals surface area contributed by atoms with E-state index in [9.17, 15) is 0 Å². The molecule has 1 saturated carbocycles. The van der Waals surface area contributed by atoms with Gasteiger partial charge in [0.25, 0.3) is 0 Å². The van der Waals surface area contributed by atoms with Gasteiger partial charge in [0.1, 0.15) is 0 Å². The number of nitrogens with zero attached hydrogens (tertiary/aromatic N) is 1. The Morgan fingerprint density at radius 2 is 1.68 bits per heavy atom. The van der Waals surface area contributed by atoms with Gasteiger partial charge in [-0.2, -0.15) is 0 Å². The minimum absolute atomic E-state index is 0.694. The van der Waals surface area contributed by atoms with Gasteiger partial charge in [0.2, 0.25) is 0 Å². The molecular formula is C42H64N2. The molecule has 3 aliphatic rings. The molecular weight excluding hydrogens is 532 g/mol. The van der Waals surface area contributed by atoms with E-state index in [1.54, 1.807) is 22.4 Å². The molecule has 0 amide bonds. The highest BCUT2D eigenvalue weighted by Gasteiger charge is 2.28. The van der Waals surface area contributed by atoms with E-state index in [1.165, 1.54) is 140 Å². The molecule has 4 atom stereocenters. The number of rotatable bonds is 19. The number of nitrogens with one attached hydrogen (secondary N) is 1. The Balaban J connectivity index is 1.02. The van der Waals surface area contributed by atoms with E-state index >= 15 is 0 Å². The molecule has 1 saturated heterocycles. The molecule has 1 aliphatic carbocycles. The van der Waals surface area contributed by atoms with E-state index in [4.69, 9.17) is 0 Å². The molecule has 44 heavy (non-hydrogen) atoms. The molecule has 1 N–H and O–H groups in total. The van der Waals surface area contributed by atoms with Crippen LogP contribution in [0.1, 0.15) is 138 Å². The summed E-state index contributed by atoms with van der Waals surface area (Å²) in [5.41, 5.74) is 9.27. The highest BCUT2D eigenvalue weighted by molar-refractivity contribution is 5.57. The van der Waals surface area contributed by atoms with Crippen molar-refractivity contribution < 1.29 is 0 Å². The molecule has 2 aliphatic heterocycles. The van der Waals surface area contributed by atoms with Crippen molar-refractivity contribution in [2.75, 3.05) is 31.1 Å². The lowest BCUT2D eigenvalue weighted by molar-refractivity contribution is 0.309. The zero-order chi connectivity index (χ0) is 30.6. The van der Waals surface area contributed by atoms with Crippen molar-refractivity contribution >= 4 is 5.69 Å². The maximum atomic E-state index is 4.12. The Morgan fingerprint density at radius 3 is 2.48 bits per heavy atom. The number of aryl methyl sites for hydroxylation is 3. The molecule has 242 valence electrons. The van der Waals surface area contributed by atoms with Crippen LogP contribution in [0.5, 0.6) is 0 Å². The second-order valence-corrected chi connectivity index (χ2v) is 15.0. The summed E-state index contributed by atoms with van der Waals surface area (Å²) in [6.07, 6.45) is 24.0. The van der Waals surface area contributed by atoms with Crippen molar-refractivity contribution in [2.45, 2.75) is 135 Å². The van der Waals surface area contributed by atoms with Gasteiger partial charge in [-0.15, -0.1) is 0 Å².